The van der Waals surface area contributed by atoms with E-state index in [0.717, 1.165) is 27.8 Å². The first-order chi connectivity index (χ1) is 29.4. The summed E-state index contributed by atoms with van der Waals surface area (Å²) < 4.78 is 0. The maximum Gasteiger partial charge on any atom is 0.164 e. The van der Waals surface area contributed by atoms with E-state index in [0.29, 0.717) is 17.5 Å². The molecule has 13 rings (SSSR count). The van der Waals surface area contributed by atoms with Gasteiger partial charge in [0.2, 0.25) is 0 Å². The van der Waals surface area contributed by atoms with E-state index in [1.165, 1.54) is 72.3 Å². The van der Waals surface area contributed by atoms with Gasteiger partial charge >= 0.3 is 0 Å². The zero-order chi connectivity index (χ0) is 40.1. The van der Waals surface area contributed by atoms with Crippen LogP contribution in [0.4, 0.5) is 0 Å². The van der Waals surface area contributed by atoms with Crippen LogP contribution in [0.15, 0.2) is 176 Å². The number of fused-ring (bicyclic) bond motifs is 3. The number of benzene rings is 7. The molecule has 0 aliphatic heterocycles. The number of rotatable bonds is 5. The highest BCUT2D eigenvalue weighted by atomic mass is 15.0. The minimum atomic E-state index is -0.123. The monoisotopic (exact) mass is 768 g/mol. The summed E-state index contributed by atoms with van der Waals surface area (Å²) in [5.41, 5.74) is 22.4. The molecule has 2 heterocycles. The number of aromatic nitrogens is 4. The zero-order valence-electron chi connectivity index (χ0n) is 33.7. The second-order valence-corrected chi connectivity index (χ2v) is 17.1. The average molecular weight is 769 g/mol. The van der Waals surface area contributed by atoms with Crippen molar-refractivity contribution in [1.82, 2.24) is 19.9 Å². The third-order valence-corrected chi connectivity index (χ3v) is 13.2. The van der Waals surface area contributed by atoms with E-state index in [-0.39, 0.29) is 17.3 Å². The summed E-state index contributed by atoms with van der Waals surface area (Å²) in [4.78, 5) is 19.8. The number of pyridine rings is 1. The zero-order valence-corrected chi connectivity index (χ0v) is 33.7. The molecule has 7 aromatic carbocycles. The van der Waals surface area contributed by atoms with Crippen molar-refractivity contribution < 1.29 is 0 Å². The molecule has 0 saturated carbocycles. The molecule has 4 aliphatic rings. The van der Waals surface area contributed by atoms with Crippen LogP contribution < -0.4 is 0 Å². The van der Waals surface area contributed by atoms with Crippen molar-refractivity contribution in [2.24, 2.45) is 0 Å². The molecule has 0 amide bonds. The van der Waals surface area contributed by atoms with Crippen LogP contribution in [0.3, 0.4) is 0 Å². The Kier molecular flexibility index (Phi) is 7.58. The maximum atomic E-state index is 5.15. The Balaban J connectivity index is 0.914. The van der Waals surface area contributed by atoms with E-state index in [2.05, 4.69) is 171 Å². The van der Waals surface area contributed by atoms with Crippen LogP contribution in [-0.2, 0) is 5.41 Å². The normalized spacial score (nSPS) is 16.1. The van der Waals surface area contributed by atoms with Gasteiger partial charge in [-0.3, -0.25) is 4.98 Å². The van der Waals surface area contributed by atoms with Crippen LogP contribution >= 0.6 is 0 Å². The molecule has 60 heavy (non-hydrogen) atoms. The SMILES string of the molecule is Cc1cncc(-c2ccc3c(c2)C2c4ccccc4C3c3cc(-c4ccc(-c5nc(-c6ccccc6)nc(-c6ccc7c(c6)C(C)(C)c6ccccc6-7)n5)cc4)ccc32)c1. The molecule has 0 radical (unpaired) electrons. The van der Waals surface area contributed by atoms with Crippen LogP contribution in [0.1, 0.15) is 75.8 Å². The number of aryl methyl sites for hydroxylation is 1. The van der Waals surface area contributed by atoms with Gasteiger partial charge in [-0.2, -0.15) is 0 Å². The fraction of sp³-hybridized carbons (Fsp3) is 0.107. The minimum absolute atomic E-state index is 0.123. The predicted molar refractivity (Wildman–Crippen MR) is 242 cm³/mol. The summed E-state index contributed by atoms with van der Waals surface area (Å²) in [5, 5.41) is 0. The van der Waals surface area contributed by atoms with Crippen LogP contribution in [0.2, 0.25) is 0 Å². The molecule has 2 aromatic heterocycles. The lowest BCUT2D eigenvalue weighted by Gasteiger charge is -2.42. The molecular weight excluding hydrogens is 729 g/mol. The van der Waals surface area contributed by atoms with E-state index in [1.807, 2.05) is 30.6 Å². The molecule has 2 bridgehead atoms. The Bertz CT molecular complexity index is 3200. The lowest BCUT2D eigenvalue weighted by Crippen LogP contribution is -2.27. The fourth-order valence-corrected chi connectivity index (χ4v) is 10.3. The molecule has 9 aromatic rings. The van der Waals surface area contributed by atoms with Gasteiger partial charge < -0.3 is 0 Å². The van der Waals surface area contributed by atoms with Gasteiger partial charge in [-0.15, -0.1) is 0 Å². The molecule has 284 valence electrons. The Morgan fingerprint density at radius 2 is 0.867 bits per heavy atom. The topological polar surface area (TPSA) is 51.6 Å². The first-order valence-electron chi connectivity index (χ1n) is 20.8. The number of hydrogen-bond donors (Lipinski definition) is 0. The summed E-state index contributed by atoms with van der Waals surface area (Å²) in [7, 11) is 0. The van der Waals surface area contributed by atoms with E-state index >= 15 is 0 Å². The van der Waals surface area contributed by atoms with E-state index in [4.69, 9.17) is 15.0 Å². The molecule has 0 saturated heterocycles. The van der Waals surface area contributed by atoms with Gasteiger partial charge in [0, 0.05) is 51.9 Å². The molecule has 2 unspecified atom stereocenters. The minimum Gasteiger partial charge on any atom is -0.264 e. The highest BCUT2D eigenvalue weighted by molar-refractivity contribution is 5.83. The van der Waals surface area contributed by atoms with Crippen molar-refractivity contribution in [1.29, 1.82) is 0 Å². The van der Waals surface area contributed by atoms with Crippen LogP contribution in [0, 0.1) is 6.92 Å². The van der Waals surface area contributed by atoms with Crippen LogP contribution in [-0.4, -0.2) is 19.9 Å². The molecule has 4 aliphatic carbocycles. The largest absolute Gasteiger partial charge is 0.264 e. The summed E-state index contributed by atoms with van der Waals surface area (Å²) >= 11 is 0. The van der Waals surface area contributed by atoms with Crippen molar-refractivity contribution in [3.8, 4) is 67.5 Å². The lowest BCUT2D eigenvalue weighted by atomic mass is 9.60. The Morgan fingerprint density at radius 1 is 0.367 bits per heavy atom. The molecule has 0 fully saturated rings. The van der Waals surface area contributed by atoms with Crippen LogP contribution in [0.5, 0.6) is 0 Å². The van der Waals surface area contributed by atoms with Crippen LogP contribution in [0.25, 0.3) is 67.5 Å². The Morgan fingerprint density at radius 3 is 1.53 bits per heavy atom. The highest BCUT2D eigenvalue weighted by Gasteiger charge is 2.41. The van der Waals surface area contributed by atoms with Crippen molar-refractivity contribution in [2.75, 3.05) is 0 Å². The summed E-state index contributed by atoms with van der Waals surface area (Å²) in [5.74, 6) is 2.36. The second kappa shape index (κ2) is 13.1. The van der Waals surface area contributed by atoms with Gasteiger partial charge in [0.15, 0.2) is 17.5 Å². The number of hydrogen-bond acceptors (Lipinski definition) is 4. The number of nitrogens with zero attached hydrogens (tertiary/aromatic N) is 4. The summed E-state index contributed by atoms with van der Waals surface area (Å²) in [6.45, 7) is 6.72. The summed E-state index contributed by atoms with van der Waals surface area (Å²) in [6.07, 6.45) is 3.90. The predicted octanol–water partition coefficient (Wildman–Crippen LogP) is 13.2. The quantitative estimate of drug-likeness (QED) is 0.175. The Labute approximate surface area is 350 Å². The smallest absolute Gasteiger partial charge is 0.164 e. The lowest BCUT2D eigenvalue weighted by molar-refractivity contribution is 0.660. The van der Waals surface area contributed by atoms with Gasteiger partial charge in [0.1, 0.15) is 0 Å². The maximum absolute atomic E-state index is 5.15. The first kappa shape index (κ1) is 34.7. The van der Waals surface area contributed by atoms with Gasteiger partial charge in [-0.1, -0.05) is 153 Å². The molecular formula is C56H40N4. The Hall–Kier alpha value is -7.30. The third-order valence-electron chi connectivity index (χ3n) is 13.2. The van der Waals surface area contributed by atoms with Crippen molar-refractivity contribution in [2.45, 2.75) is 38.0 Å². The summed E-state index contributed by atoms with van der Waals surface area (Å²) in [6, 6.07) is 59.8. The van der Waals surface area contributed by atoms with Gasteiger partial charge in [0.05, 0.1) is 0 Å². The molecule has 0 spiro atoms. The van der Waals surface area contributed by atoms with Crippen molar-refractivity contribution >= 4 is 0 Å². The van der Waals surface area contributed by atoms with Gasteiger partial charge in [-0.05, 0) is 109 Å². The first-order valence-corrected chi connectivity index (χ1v) is 20.8. The second-order valence-electron chi connectivity index (χ2n) is 17.1. The third kappa shape index (κ3) is 5.30. The van der Waals surface area contributed by atoms with Gasteiger partial charge in [-0.25, -0.2) is 15.0 Å². The molecule has 2 atom stereocenters. The average Bonchev–Trinajstić information content (AvgIpc) is 3.53. The van der Waals surface area contributed by atoms with Crippen molar-refractivity contribution in [3.63, 3.8) is 0 Å². The molecule has 4 heteroatoms. The molecule has 4 nitrogen and oxygen atoms in total. The standard InChI is InChI=1S/C56H40N4/c1-33-27-40(32-57-31-33)38-22-26-46-48(29-38)52-44-15-8-7-14-43(44)51(46)47-28-37(21-25-45(47)52)34-17-19-36(20-18-34)54-58-53(35-11-5-4-6-12-35)59-55(60-54)39-23-24-42-41-13-9-10-16-49(41)56(2,3)50(42)30-39/h4-32,51-52H,1-3H3. The van der Waals surface area contributed by atoms with Crippen molar-refractivity contribution in [3.05, 3.63) is 226 Å². The van der Waals surface area contributed by atoms with E-state index < -0.39 is 0 Å². The fourth-order valence-electron chi connectivity index (χ4n) is 10.3. The van der Waals surface area contributed by atoms with E-state index in [1.54, 1.807) is 0 Å². The molecule has 0 N–H and O–H groups in total. The highest BCUT2D eigenvalue weighted by Crippen LogP contribution is 2.57. The van der Waals surface area contributed by atoms with Gasteiger partial charge in [0.25, 0.3) is 0 Å². The van der Waals surface area contributed by atoms with E-state index in [9.17, 15) is 0 Å².